The van der Waals surface area contributed by atoms with Crippen LogP contribution in [0.25, 0.3) is 10.9 Å². The zero-order valence-electron chi connectivity index (χ0n) is 13.8. The molecular formula is C21H18BrN3. The third-order valence-electron chi connectivity index (χ3n) is 4.37. The van der Waals surface area contributed by atoms with Crippen LogP contribution in [0.3, 0.4) is 0 Å². The molecule has 3 nitrogen and oxygen atoms in total. The average Bonchev–Trinajstić information content (AvgIpc) is 2.98. The number of anilines is 1. The van der Waals surface area contributed by atoms with Gasteiger partial charge in [0, 0.05) is 38.5 Å². The second kappa shape index (κ2) is 6.73. The maximum atomic E-state index is 4.61. The fourth-order valence-electron chi connectivity index (χ4n) is 3.22. The summed E-state index contributed by atoms with van der Waals surface area (Å²) in [5.74, 6) is 0. The molecular weight excluding hydrogens is 374 g/mol. The van der Waals surface area contributed by atoms with E-state index in [0.717, 1.165) is 27.1 Å². The van der Waals surface area contributed by atoms with Crippen LogP contribution in [0.4, 0.5) is 5.69 Å². The van der Waals surface area contributed by atoms with Crippen LogP contribution in [0.5, 0.6) is 0 Å². The maximum Gasteiger partial charge on any atom is 0.0963 e. The van der Waals surface area contributed by atoms with Crippen LogP contribution < -0.4 is 5.32 Å². The molecule has 0 spiro atoms. The third kappa shape index (κ3) is 3.17. The van der Waals surface area contributed by atoms with Crippen molar-refractivity contribution in [3.63, 3.8) is 0 Å². The number of H-pyrrole nitrogens is 1. The number of nitrogens with one attached hydrogen (secondary N) is 2. The summed E-state index contributed by atoms with van der Waals surface area (Å²) in [4.78, 5) is 8.11. The first-order chi connectivity index (χ1) is 12.2. The average molecular weight is 392 g/mol. The van der Waals surface area contributed by atoms with Gasteiger partial charge in [0.25, 0.3) is 0 Å². The minimum atomic E-state index is -0.0291. The van der Waals surface area contributed by atoms with Gasteiger partial charge in [-0.05, 0) is 49.4 Å². The Kier molecular flexibility index (Phi) is 4.28. The summed E-state index contributed by atoms with van der Waals surface area (Å²) in [6.07, 6.45) is 1.84. The number of fused-ring (bicyclic) bond motifs is 1. The zero-order valence-corrected chi connectivity index (χ0v) is 15.4. The number of hydrogen-bond donors (Lipinski definition) is 2. The summed E-state index contributed by atoms with van der Waals surface area (Å²) >= 11 is 3.49. The molecule has 2 aromatic carbocycles. The highest BCUT2D eigenvalue weighted by Crippen LogP contribution is 2.33. The number of rotatable bonds is 4. The Morgan fingerprint density at radius 1 is 0.960 bits per heavy atom. The van der Waals surface area contributed by atoms with Gasteiger partial charge in [-0.25, -0.2) is 0 Å². The lowest BCUT2D eigenvalue weighted by molar-refractivity contribution is 0.884. The van der Waals surface area contributed by atoms with E-state index in [2.05, 4.69) is 80.6 Å². The van der Waals surface area contributed by atoms with Gasteiger partial charge >= 0.3 is 0 Å². The Labute approximate surface area is 155 Å². The highest BCUT2D eigenvalue weighted by atomic mass is 79.9. The predicted octanol–water partition coefficient (Wildman–Crippen LogP) is 5.84. The first-order valence-electron chi connectivity index (χ1n) is 8.22. The van der Waals surface area contributed by atoms with Crippen LogP contribution in [-0.4, -0.2) is 9.97 Å². The first-order valence-corrected chi connectivity index (χ1v) is 9.02. The molecule has 0 radical (unpaired) electrons. The van der Waals surface area contributed by atoms with Gasteiger partial charge in [-0.3, -0.25) is 4.98 Å². The van der Waals surface area contributed by atoms with Gasteiger partial charge in [-0.15, -0.1) is 0 Å². The van der Waals surface area contributed by atoms with Gasteiger partial charge in [0.15, 0.2) is 0 Å². The van der Waals surface area contributed by atoms with Crippen molar-refractivity contribution in [3.8, 4) is 0 Å². The Balaban J connectivity index is 1.85. The van der Waals surface area contributed by atoms with Gasteiger partial charge in [0.2, 0.25) is 0 Å². The first kappa shape index (κ1) is 15.9. The smallest absolute Gasteiger partial charge is 0.0963 e. The predicted molar refractivity (Wildman–Crippen MR) is 107 cm³/mol. The minimum absolute atomic E-state index is 0.0291. The number of aromatic amines is 1. The van der Waals surface area contributed by atoms with E-state index in [-0.39, 0.29) is 6.04 Å². The summed E-state index contributed by atoms with van der Waals surface area (Å²) in [5.41, 5.74) is 5.59. The molecule has 0 aliphatic carbocycles. The summed E-state index contributed by atoms with van der Waals surface area (Å²) in [5, 5.41) is 4.88. The van der Waals surface area contributed by atoms with E-state index in [4.69, 9.17) is 0 Å². The second-order valence-corrected chi connectivity index (χ2v) is 6.96. The van der Waals surface area contributed by atoms with Crippen LogP contribution in [0.1, 0.15) is 23.0 Å². The van der Waals surface area contributed by atoms with Crippen molar-refractivity contribution in [2.75, 3.05) is 5.32 Å². The number of para-hydroxylation sites is 1. The van der Waals surface area contributed by atoms with E-state index in [9.17, 15) is 0 Å². The summed E-state index contributed by atoms with van der Waals surface area (Å²) in [7, 11) is 0. The molecule has 0 saturated carbocycles. The van der Waals surface area contributed by atoms with Crippen LogP contribution in [0, 0.1) is 6.92 Å². The molecule has 4 aromatic rings. The van der Waals surface area contributed by atoms with E-state index in [1.54, 1.807) is 0 Å². The normalized spacial score (nSPS) is 12.2. The van der Waals surface area contributed by atoms with E-state index in [1.165, 1.54) is 10.9 Å². The van der Waals surface area contributed by atoms with E-state index >= 15 is 0 Å². The topological polar surface area (TPSA) is 40.7 Å². The molecule has 124 valence electrons. The highest BCUT2D eigenvalue weighted by molar-refractivity contribution is 9.10. The lowest BCUT2D eigenvalue weighted by Gasteiger charge is -2.20. The number of nitrogens with zero attached hydrogens (tertiary/aromatic N) is 1. The van der Waals surface area contributed by atoms with Crippen LogP contribution in [-0.2, 0) is 0 Å². The maximum absolute atomic E-state index is 4.61. The van der Waals surface area contributed by atoms with Crippen molar-refractivity contribution < 1.29 is 0 Å². The fourth-order valence-corrected chi connectivity index (χ4v) is 3.49. The quantitative estimate of drug-likeness (QED) is 0.458. The third-order valence-corrected chi connectivity index (χ3v) is 4.90. The Morgan fingerprint density at radius 3 is 2.48 bits per heavy atom. The van der Waals surface area contributed by atoms with Crippen LogP contribution >= 0.6 is 15.9 Å². The highest BCUT2D eigenvalue weighted by Gasteiger charge is 2.21. The molecule has 0 amide bonds. The molecule has 0 fully saturated rings. The molecule has 0 aliphatic rings. The summed E-state index contributed by atoms with van der Waals surface area (Å²) in [6, 6.07) is 22.7. The fraction of sp³-hybridized carbons (Fsp3) is 0.0952. The van der Waals surface area contributed by atoms with E-state index in [0.29, 0.717) is 0 Å². The number of benzene rings is 2. The van der Waals surface area contributed by atoms with Crippen molar-refractivity contribution >= 4 is 32.5 Å². The molecule has 0 bridgehead atoms. The minimum Gasteiger partial charge on any atom is -0.373 e. The number of halogens is 1. The van der Waals surface area contributed by atoms with Gasteiger partial charge in [0.05, 0.1) is 11.7 Å². The monoisotopic (exact) mass is 391 g/mol. The molecule has 2 heterocycles. The number of aromatic nitrogens is 2. The van der Waals surface area contributed by atoms with Gasteiger partial charge in [0.1, 0.15) is 0 Å². The SMILES string of the molecule is Cc1[nH]c2ccccc2c1[C@H](Nc1ccc(Br)cc1)c1ccccn1. The Bertz CT molecular complexity index is 991. The zero-order chi connectivity index (χ0) is 17.2. The van der Waals surface area contributed by atoms with Crippen molar-refractivity contribution in [1.29, 1.82) is 0 Å². The lowest BCUT2D eigenvalue weighted by atomic mass is 9.99. The van der Waals surface area contributed by atoms with Crippen molar-refractivity contribution in [3.05, 3.63) is 94.4 Å². The second-order valence-electron chi connectivity index (χ2n) is 6.05. The Hall–Kier alpha value is -2.59. The molecule has 0 unspecified atom stereocenters. The largest absolute Gasteiger partial charge is 0.373 e. The Morgan fingerprint density at radius 2 is 1.72 bits per heavy atom. The number of pyridine rings is 1. The van der Waals surface area contributed by atoms with Crippen molar-refractivity contribution in [2.45, 2.75) is 13.0 Å². The van der Waals surface area contributed by atoms with E-state index in [1.807, 2.05) is 30.5 Å². The molecule has 4 heteroatoms. The van der Waals surface area contributed by atoms with Crippen LogP contribution in [0.15, 0.2) is 77.4 Å². The molecule has 0 aliphatic heterocycles. The molecule has 2 N–H and O–H groups in total. The molecule has 0 saturated heterocycles. The lowest BCUT2D eigenvalue weighted by Crippen LogP contribution is -2.14. The molecule has 1 atom stereocenters. The summed E-state index contributed by atoms with van der Waals surface area (Å²) in [6.45, 7) is 2.12. The number of aryl methyl sites for hydroxylation is 1. The van der Waals surface area contributed by atoms with E-state index < -0.39 is 0 Å². The molecule has 4 rings (SSSR count). The van der Waals surface area contributed by atoms with Crippen LogP contribution in [0.2, 0.25) is 0 Å². The van der Waals surface area contributed by atoms with Gasteiger partial charge < -0.3 is 10.3 Å². The van der Waals surface area contributed by atoms with Gasteiger partial charge in [-0.1, -0.05) is 40.2 Å². The van der Waals surface area contributed by atoms with Crippen molar-refractivity contribution in [2.24, 2.45) is 0 Å². The molecule has 2 aromatic heterocycles. The molecule has 25 heavy (non-hydrogen) atoms. The standard InChI is InChI=1S/C21H18BrN3/c1-14-20(17-6-2-3-7-18(17)24-14)21(19-8-4-5-13-23-19)25-16-11-9-15(22)10-12-16/h2-13,21,24-25H,1H3/t21-/m1/s1. The van der Waals surface area contributed by atoms with Gasteiger partial charge in [-0.2, -0.15) is 0 Å². The number of hydrogen-bond acceptors (Lipinski definition) is 2. The summed E-state index contributed by atoms with van der Waals surface area (Å²) < 4.78 is 1.07. The van der Waals surface area contributed by atoms with Crippen molar-refractivity contribution in [1.82, 2.24) is 9.97 Å².